The number of rotatable bonds is 1. The maximum atomic E-state index is 2.51. The van der Waals surface area contributed by atoms with Gasteiger partial charge in [-0.3, -0.25) is 0 Å². The summed E-state index contributed by atoms with van der Waals surface area (Å²) in [5.41, 5.74) is 3.47. The van der Waals surface area contributed by atoms with E-state index in [1.54, 1.807) is 89.9 Å². The molecular formula is C45H78. The third kappa shape index (κ3) is 6.19. The van der Waals surface area contributed by atoms with Crippen LogP contribution in [0.25, 0.3) is 0 Å². The Balaban J connectivity index is 0.0000000977. The van der Waals surface area contributed by atoms with Gasteiger partial charge in [0.25, 0.3) is 0 Å². The van der Waals surface area contributed by atoms with Gasteiger partial charge < -0.3 is 0 Å². The Morgan fingerprint density at radius 2 is 1.07 bits per heavy atom. The van der Waals surface area contributed by atoms with Crippen molar-refractivity contribution in [1.82, 2.24) is 0 Å². The van der Waals surface area contributed by atoms with E-state index in [-0.39, 0.29) is 0 Å². The predicted molar refractivity (Wildman–Crippen MR) is 194 cm³/mol. The molecule has 0 aliphatic heterocycles. The summed E-state index contributed by atoms with van der Waals surface area (Å²) in [7, 11) is 0. The van der Waals surface area contributed by atoms with Crippen LogP contribution in [0.15, 0.2) is 0 Å². The molecule has 0 amide bonds. The van der Waals surface area contributed by atoms with Crippen molar-refractivity contribution in [1.29, 1.82) is 0 Å². The van der Waals surface area contributed by atoms with Crippen LogP contribution in [0.1, 0.15) is 191 Å². The second-order valence-electron chi connectivity index (χ2n) is 22.7. The van der Waals surface area contributed by atoms with Gasteiger partial charge in [-0.15, -0.1) is 0 Å². The van der Waals surface area contributed by atoms with Crippen molar-refractivity contribution in [2.24, 2.45) is 92.2 Å². The molecule has 9 atom stereocenters. The lowest BCUT2D eigenvalue weighted by Gasteiger charge is -2.62. The predicted octanol–water partition coefficient (Wildman–Crippen LogP) is 13.8. The van der Waals surface area contributed by atoms with Gasteiger partial charge in [0.05, 0.1) is 0 Å². The fourth-order valence-corrected chi connectivity index (χ4v) is 15.8. The fourth-order valence-electron chi connectivity index (χ4n) is 15.8. The van der Waals surface area contributed by atoms with Crippen molar-refractivity contribution in [2.75, 3.05) is 0 Å². The van der Waals surface area contributed by atoms with Gasteiger partial charge in [-0.1, -0.05) is 88.0 Å². The standard InChI is InChI=1S/C14H24.C12H20.C10H18.C9H16/c1-13(2,3)14-7-10-4-11(8-14)6-12(5-10)9-14;1-12(2)7-8-6-11(12)10-5-3-4-9(8)10;1-3-10(2)7-8-4-5-9(10)6-8;1-9(2)6-7-3-4-8(9)5-7/h10-12H,4-9H2,1-3H3;8-11H,3-7H2,1-2H3;8-9H,3-7H2,1-2H3;7-8H,3-6H2,1-2H3. The smallest absolute Gasteiger partial charge is 0.0241 e. The monoisotopic (exact) mass is 619 g/mol. The first-order chi connectivity index (χ1) is 21.1. The summed E-state index contributed by atoms with van der Waals surface area (Å²) in [6, 6.07) is 0. The van der Waals surface area contributed by atoms with E-state index in [9.17, 15) is 0 Å². The normalized spacial score (nSPS) is 51.3. The summed E-state index contributed by atoms with van der Waals surface area (Å²) in [5.74, 6) is 12.3. The maximum absolute atomic E-state index is 2.51. The molecule has 9 unspecified atom stereocenters. The first-order valence-corrected chi connectivity index (χ1v) is 21.1. The lowest BCUT2D eigenvalue weighted by Crippen LogP contribution is -2.51. The third-order valence-electron chi connectivity index (χ3n) is 18.3. The summed E-state index contributed by atoms with van der Waals surface area (Å²) in [6.07, 6.45) is 30.9. The van der Waals surface area contributed by atoms with Crippen molar-refractivity contribution < 1.29 is 0 Å². The quantitative estimate of drug-likeness (QED) is 0.274. The molecule has 0 N–H and O–H groups in total. The number of hydrogen-bond donors (Lipinski definition) is 0. The Morgan fingerprint density at radius 3 is 1.47 bits per heavy atom. The topological polar surface area (TPSA) is 0 Å². The summed E-state index contributed by atoms with van der Waals surface area (Å²) in [5, 5.41) is 0. The summed E-state index contributed by atoms with van der Waals surface area (Å²) < 4.78 is 0. The Morgan fingerprint density at radius 1 is 0.511 bits per heavy atom. The van der Waals surface area contributed by atoms with Crippen molar-refractivity contribution in [3.63, 3.8) is 0 Å². The fraction of sp³-hybridized carbons (Fsp3) is 1.00. The zero-order valence-electron chi connectivity index (χ0n) is 32.0. The lowest BCUT2D eigenvalue weighted by molar-refractivity contribution is -0.113. The minimum Gasteiger partial charge on any atom is -0.0649 e. The molecule has 0 radical (unpaired) electrons. The molecular weight excluding hydrogens is 540 g/mol. The molecule has 0 aromatic rings. The van der Waals surface area contributed by atoms with Crippen LogP contribution in [0.5, 0.6) is 0 Å². The first-order valence-electron chi connectivity index (χ1n) is 21.1. The molecule has 0 heteroatoms. The number of hydrogen-bond acceptors (Lipinski definition) is 0. The van der Waals surface area contributed by atoms with E-state index < -0.39 is 0 Å². The Kier molecular flexibility index (Phi) is 8.79. The van der Waals surface area contributed by atoms with Crippen LogP contribution >= 0.6 is 0 Å². The number of fused-ring (bicyclic) bond motifs is 9. The minimum absolute atomic E-state index is 0.559. The average Bonchev–Trinajstić information content (AvgIpc) is 3.78. The summed E-state index contributed by atoms with van der Waals surface area (Å²) in [6.45, 7) is 22.2. The van der Waals surface area contributed by atoms with Gasteiger partial charge in [-0.25, -0.2) is 0 Å². The molecule has 45 heavy (non-hydrogen) atoms. The van der Waals surface area contributed by atoms with Crippen LogP contribution in [0.3, 0.4) is 0 Å². The minimum atomic E-state index is 0.559. The zero-order chi connectivity index (χ0) is 32.0. The third-order valence-corrected chi connectivity index (χ3v) is 18.3. The molecule has 258 valence electrons. The van der Waals surface area contributed by atoms with Crippen molar-refractivity contribution in [2.45, 2.75) is 191 Å². The van der Waals surface area contributed by atoms with E-state index in [2.05, 4.69) is 62.3 Å². The average molecular weight is 619 g/mol. The van der Waals surface area contributed by atoms with Crippen LogP contribution in [-0.4, -0.2) is 0 Å². The van der Waals surface area contributed by atoms with Crippen molar-refractivity contribution in [3.05, 3.63) is 0 Å². The SMILES string of the molecule is CC(C)(C)C12CC3CC(CC(C3)C1)C2.CC1(C)CC2CC1C1CCCC21.CC1(C)CC2CCC1C2.CCC1(C)CC2CCC1C2. The molecule has 11 saturated carbocycles. The van der Waals surface area contributed by atoms with Gasteiger partial charge in [0.1, 0.15) is 0 Å². The van der Waals surface area contributed by atoms with Gasteiger partial charge in [0.15, 0.2) is 0 Å². The highest BCUT2D eigenvalue weighted by Gasteiger charge is 2.57. The second kappa shape index (κ2) is 11.8. The summed E-state index contributed by atoms with van der Waals surface area (Å²) >= 11 is 0. The first kappa shape index (κ1) is 33.5. The van der Waals surface area contributed by atoms with Gasteiger partial charge >= 0.3 is 0 Å². The Labute approximate surface area is 282 Å². The highest BCUT2D eigenvalue weighted by molar-refractivity contribution is 5.07. The molecule has 11 fully saturated rings. The van der Waals surface area contributed by atoms with Crippen LogP contribution < -0.4 is 0 Å². The van der Waals surface area contributed by atoms with Crippen molar-refractivity contribution >= 4 is 0 Å². The molecule has 11 rings (SSSR count). The molecule has 0 spiro atoms. The van der Waals surface area contributed by atoms with Gasteiger partial charge in [0, 0.05) is 0 Å². The molecule has 11 aliphatic carbocycles. The van der Waals surface area contributed by atoms with E-state index in [0.717, 1.165) is 70.0 Å². The lowest BCUT2D eigenvalue weighted by atomic mass is 9.43. The molecule has 0 heterocycles. The van der Waals surface area contributed by atoms with Crippen molar-refractivity contribution in [3.8, 4) is 0 Å². The van der Waals surface area contributed by atoms with E-state index in [1.807, 2.05) is 0 Å². The maximum Gasteiger partial charge on any atom is -0.0241 e. The molecule has 0 nitrogen and oxygen atoms in total. The van der Waals surface area contributed by atoms with Crippen LogP contribution in [0.4, 0.5) is 0 Å². The van der Waals surface area contributed by atoms with Crippen LogP contribution in [0, 0.1) is 92.2 Å². The zero-order valence-corrected chi connectivity index (χ0v) is 32.0. The Bertz CT molecular complexity index is 1000. The molecule has 10 bridgehead atoms. The largest absolute Gasteiger partial charge is 0.0649 e. The molecule has 0 saturated heterocycles. The second-order valence-corrected chi connectivity index (χ2v) is 22.7. The highest BCUT2D eigenvalue weighted by Crippen LogP contribution is 2.67. The van der Waals surface area contributed by atoms with E-state index in [0.29, 0.717) is 16.2 Å². The molecule has 11 aliphatic rings. The Hall–Kier alpha value is 0. The van der Waals surface area contributed by atoms with Gasteiger partial charge in [-0.05, 0) is 195 Å². The molecule has 0 aromatic heterocycles. The van der Waals surface area contributed by atoms with E-state index >= 15 is 0 Å². The van der Waals surface area contributed by atoms with Crippen LogP contribution in [0.2, 0.25) is 0 Å². The van der Waals surface area contributed by atoms with Crippen LogP contribution in [-0.2, 0) is 0 Å². The van der Waals surface area contributed by atoms with Gasteiger partial charge in [-0.2, -0.15) is 0 Å². The highest BCUT2D eigenvalue weighted by atomic mass is 14.6. The summed E-state index contributed by atoms with van der Waals surface area (Å²) in [4.78, 5) is 0. The molecule has 0 aromatic carbocycles. The van der Waals surface area contributed by atoms with E-state index in [4.69, 9.17) is 0 Å². The van der Waals surface area contributed by atoms with Gasteiger partial charge in [0.2, 0.25) is 0 Å². The van der Waals surface area contributed by atoms with E-state index in [1.165, 1.54) is 44.4 Å².